The van der Waals surface area contributed by atoms with Crippen molar-refractivity contribution >= 4 is 40.6 Å². The third-order valence-corrected chi connectivity index (χ3v) is 4.47. The summed E-state index contributed by atoms with van der Waals surface area (Å²) in [6, 6.07) is 6.39. The molecular weight excluding hydrogens is 364 g/mol. The summed E-state index contributed by atoms with van der Waals surface area (Å²) in [5, 5.41) is 12.3. The number of anilines is 2. The van der Waals surface area contributed by atoms with E-state index in [4.69, 9.17) is 0 Å². The minimum absolute atomic E-state index is 0.209. The van der Waals surface area contributed by atoms with Crippen molar-refractivity contribution in [1.29, 1.82) is 0 Å². The molecular formula is C18H18N6O2S. The molecule has 0 bridgehead atoms. The maximum atomic E-state index is 12.2. The number of hydrogen-bond donors (Lipinski definition) is 2. The number of carbonyl (C=O) groups is 2. The molecule has 0 spiro atoms. The smallest absolute Gasteiger partial charge is 0.249 e. The van der Waals surface area contributed by atoms with E-state index in [9.17, 15) is 9.59 Å². The van der Waals surface area contributed by atoms with Gasteiger partial charge in [-0.15, -0.1) is 11.3 Å². The molecule has 0 radical (unpaired) electrons. The highest BCUT2D eigenvalue weighted by Gasteiger charge is 2.15. The minimum Gasteiger partial charge on any atom is -0.324 e. The number of rotatable bonds is 6. The summed E-state index contributed by atoms with van der Waals surface area (Å²) in [7, 11) is 0. The van der Waals surface area contributed by atoms with Crippen molar-refractivity contribution in [3.8, 4) is 0 Å². The van der Waals surface area contributed by atoms with Gasteiger partial charge in [0.05, 0.1) is 10.7 Å². The lowest BCUT2D eigenvalue weighted by Gasteiger charge is -2.12. The van der Waals surface area contributed by atoms with Gasteiger partial charge in [-0.05, 0) is 44.2 Å². The van der Waals surface area contributed by atoms with E-state index in [2.05, 4.69) is 25.7 Å². The van der Waals surface area contributed by atoms with Crippen LogP contribution in [0.2, 0.25) is 0 Å². The average Bonchev–Trinajstić information content (AvgIpc) is 3.33. The highest BCUT2D eigenvalue weighted by Crippen LogP contribution is 2.16. The Kier molecular flexibility index (Phi) is 5.72. The molecule has 138 valence electrons. The highest BCUT2D eigenvalue weighted by atomic mass is 32.1. The lowest BCUT2D eigenvalue weighted by Crippen LogP contribution is -2.24. The molecule has 0 saturated heterocycles. The largest absolute Gasteiger partial charge is 0.324 e. The zero-order valence-corrected chi connectivity index (χ0v) is 15.6. The van der Waals surface area contributed by atoms with Crippen LogP contribution in [0.3, 0.4) is 0 Å². The van der Waals surface area contributed by atoms with E-state index in [1.54, 1.807) is 37.3 Å². The average molecular weight is 382 g/mol. The fourth-order valence-corrected chi connectivity index (χ4v) is 2.80. The molecule has 0 fully saturated rings. The van der Waals surface area contributed by atoms with Gasteiger partial charge in [-0.3, -0.25) is 9.59 Å². The number of carbonyl (C=O) groups excluding carboxylic acids is 2. The fourth-order valence-electron chi connectivity index (χ4n) is 2.22. The van der Waals surface area contributed by atoms with E-state index >= 15 is 0 Å². The number of nitrogens with zero attached hydrogens (tertiary/aromatic N) is 4. The van der Waals surface area contributed by atoms with Crippen LogP contribution < -0.4 is 10.6 Å². The minimum atomic E-state index is -0.480. The predicted molar refractivity (Wildman–Crippen MR) is 104 cm³/mol. The fraction of sp³-hybridized carbons (Fsp3) is 0.167. The summed E-state index contributed by atoms with van der Waals surface area (Å²) in [6.07, 6.45) is 5.97. The molecule has 0 saturated carbocycles. The Bertz CT molecular complexity index is 947. The van der Waals surface area contributed by atoms with E-state index in [1.807, 2.05) is 12.3 Å². The summed E-state index contributed by atoms with van der Waals surface area (Å²) in [5.74, 6) is -0.462. The van der Waals surface area contributed by atoms with Crippen LogP contribution in [0, 0.1) is 6.92 Å². The molecule has 2 amide bonds. The first-order valence-electron chi connectivity index (χ1n) is 8.17. The van der Waals surface area contributed by atoms with Gasteiger partial charge in [0.2, 0.25) is 11.8 Å². The predicted octanol–water partition coefficient (Wildman–Crippen LogP) is 2.89. The lowest BCUT2D eigenvalue weighted by molar-refractivity contribution is -0.119. The summed E-state index contributed by atoms with van der Waals surface area (Å²) >= 11 is 1.53. The van der Waals surface area contributed by atoms with Crippen molar-refractivity contribution in [2.75, 3.05) is 10.6 Å². The van der Waals surface area contributed by atoms with E-state index in [0.29, 0.717) is 11.4 Å². The molecule has 1 aromatic carbocycles. The number of benzene rings is 1. The van der Waals surface area contributed by atoms with Crippen LogP contribution in [0.1, 0.15) is 23.7 Å². The number of aromatic nitrogens is 4. The molecule has 3 rings (SSSR count). The Hall–Kier alpha value is -3.33. The van der Waals surface area contributed by atoms with E-state index in [-0.39, 0.29) is 11.8 Å². The topological polar surface area (TPSA) is 102 Å². The molecule has 1 atom stereocenters. The molecule has 0 aliphatic rings. The molecule has 0 aliphatic heterocycles. The normalized spacial score (nSPS) is 12.1. The van der Waals surface area contributed by atoms with Crippen LogP contribution in [0.5, 0.6) is 0 Å². The monoisotopic (exact) mass is 382 g/mol. The van der Waals surface area contributed by atoms with Crippen LogP contribution in [0.15, 0.2) is 48.4 Å². The number of aryl methyl sites for hydroxylation is 1. The molecule has 0 aliphatic carbocycles. The Morgan fingerprint density at radius 1 is 1.19 bits per heavy atom. The maximum Gasteiger partial charge on any atom is 0.249 e. The summed E-state index contributed by atoms with van der Waals surface area (Å²) in [4.78, 5) is 32.3. The Balaban J connectivity index is 1.54. The van der Waals surface area contributed by atoms with Gasteiger partial charge in [0.15, 0.2) is 0 Å². The third kappa shape index (κ3) is 5.08. The highest BCUT2D eigenvalue weighted by molar-refractivity contribution is 7.09. The summed E-state index contributed by atoms with van der Waals surface area (Å²) < 4.78 is 1.47. The van der Waals surface area contributed by atoms with Gasteiger partial charge >= 0.3 is 0 Å². The second kappa shape index (κ2) is 8.37. The zero-order chi connectivity index (χ0) is 19.2. The van der Waals surface area contributed by atoms with Gasteiger partial charge in [0.1, 0.15) is 18.7 Å². The van der Waals surface area contributed by atoms with Crippen molar-refractivity contribution in [3.63, 3.8) is 0 Å². The maximum absolute atomic E-state index is 12.2. The first kappa shape index (κ1) is 18.5. The quantitative estimate of drug-likeness (QED) is 0.638. The molecule has 8 nitrogen and oxygen atoms in total. The number of thiazole rings is 1. The van der Waals surface area contributed by atoms with Crippen molar-refractivity contribution in [1.82, 2.24) is 19.7 Å². The van der Waals surface area contributed by atoms with Gasteiger partial charge in [-0.25, -0.2) is 14.6 Å². The van der Waals surface area contributed by atoms with E-state index in [1.165, 1.54) is 34.7 Å². The third-order valence-electron chi connectivity index (χ3n) is 3.68. The van der Waals surface area contributed by atoms with Gasteiger partial charge in [-0.1, -0.05) is 0 Å². The summed E-state index contributed by atoms with van der Waals surface area (Å²) in [5.41, 5.74) is 2.01. The number of nitrogens with one attached hydrogen (secondary N) is 2. The molecule has 27 heavy (non-hydrogen) atoms. The van der Waals surface area contributed by atoms with Crippen molar-refractivity contribution in [3.05, 3.63) is 59.1 Å². The lowest BCUT2D eigenvalue weighted by atomic mass is 10.2. The van der Waals surface area contributed by atoms with Crippen LogP contribution in [0.4, 0.5) is 11.4 Å². The van der Waals surface area contributed by atoms with Gasteiger partial charge in [-0.2, -0.15) is 5.10 Å². The Morgan fingerprint density at radius 2 is 1.89 bits per heavy atom. The number of amides is 2. The van der Waals surface area contributed by atoms with Crippen molar-refractivity contribution in [2.24, 2.45) is 0 Å². The van der Waals surface area contributed by atoms with Crippen LogP contribution >= 0.6 is 11.3 Å². The van der Waals surface area contributed by atoms with Gasteiger partial charge < -0.3 is 10.6 Å². The number of hydrogen-bond acceptors (Lipinski definition) is 6. The van der Waals surface area contributed by atoms with Crippen LogP contribution in [0.25, 0.3) is 6.08 Å². The standard InChI is InChI=1S/C18H18N6O2S/c1-12(24-11-19-10-20-24)18(26)23-15-5-3-14(4-6-15)22-17(25)8-7-16-9-27-13(2)21-16/h3-12H,1-2H3,(H,22,25)(H,23,26)/b8-7+. The molecule has 2 heterocycles. The molecule has 2 N–H and O–H groups in total. The SMILES string of the molecule is Cc1nc(/C=C/C(=O)Nc2ccc(NC(=O)C(C)n3cncn3)cc2)cs1. The first-order chi connectivity index (χ1) is 13.0. The van der Waals surface area contributed by atoms with Crippen LogP contribution in [-0.4, -0.2) is 31.6 Å². The van der Waals surface area contributed by atoms with Crippen molar-refractivity contribution < 1.29 is 9.59 Å². The molecule has 1 unspecified atom stereocenters. The van der Waals surface area contributed by atoms with E-state index in [0.717, 1.165) is 10.7 Å². The van der Waals surface area contributed by atoms with Gasteiger partial charge in [0.25, 0.3) is 0 Å². The molecule has 2 aromatic heterocycles. The molecule has 9 heteroatoms. The Labute approximate surface area is 160 Å². The second-order valence-electron chi connectivity index (χ2n) is 5.73. The first-order valence-corrected chi connectivity index (χ1v) is 9.05. The van der Waals surface area contributed by atoms with Crippen LogP contribution in [-0.2, 0) is 9.59 Å². The Morgan fingerprint density at radius 3 is 2.48 bits per heavy atom. The molecule has 3 aromatic rings. The second-order valence-corrected chi connectivity index (χ2v) is 6.79. The zero-order valence-electron chi connectivity index (χ0n) is 14.8. The van der Waals surface area contributed by atoms with Gasteiger partial charge in [0, 0.05) is 22.8 Å². The van der Waals surface area contributed by atoms with Crippen molar-refractivity contribution in [2.45, 2.75) is 19.9 Å². The van der Waals surface area contributed by atoms with E-state index < -0.39 is 6.04 Å². The summed E-state index contributed by atoms with van der Waals surface area (Å²) in [6.45, 7) is 3.64.